The fourth-order valence-electron chi connectivity index (χ4n) is 16.6. The zero-order valence-corrected chi connectivity index (χ0v) is 51.8. The van der Waals surface area contributed by atoms with Gasteiger partial charge in [0.05, 0.1) is 64.1 Å². The molecule has 7 fully saturated rings. The summed E-state index contributed by atoms with van der Waals surface area (Å²) in [7, 11) is 0. The fourth-order valence-corrected chi connectivity index (χ4v) is 16.6. The second kappa shape index (κ2) is 28.9. The summed E-state index contributed by atoms with van der Waals surface area (Å²) in [6, 6.07) is 0. The maximum atomic E-state index is 11.8. The molecule has 4 aliphatic heterocycles. The molecule has 18 N–H and O–H groups in total. The molecule has 88 heavy (non-hydrogen) atoms. The largest absolute Gasteiger partial charge is 0.394 e. The molecule has 0 bridgehead atoms. The van der Waals surface area contributed by atoms with Gasteiger partial charge in [0.1, 0.15) is 110 Å². The first-order valence-electron chi connectivity index (χ1n) is 31.4. The Morgan fingerprint density at radius 1 is 0.568 bits per heavy atom. The molecule has 4 saturated heterocycles. The molecule has 32 atom stereocenters. The van der Waals surface area contributed by atoms with Gasteiger partial charge in [0, 0.05) is 5.41 Å². The van der Waals surface area contributed by atoms with Gasteiger partial charge in [0.2, 0.25) is 0 Å². The second-order valence-electron chi connectivity index (χ2n) is 28.1. The van der Waals surface area contributed by atoms with Gasteiger partial charge in [-0.2, -0.15) is 0 Å². The molecule has 0 aromatic heterocycles. The number of rotatable bonds is 25. The van der Waals surface area contributed by atoms with Crippen molar-refractivity contribution in [1.29, 1.82) is 0 Å². The summed E-state index contributed by atoms with van der Waals surface area (Å²) in [5.74, 6) is 0.838. The topological polar surface area (TPSA) is 456 Å². The molecular weight excluding hydrogens is 1170 g/mol. The summed E-state index contributed by atoms with van der Waals surface area (Å²) in [6.07, 6.45) is -29.9. The van der Waals surface area contributed by atoms with Gasteiger partial charge in [-0.25, -0.2) is 0 Å². The SMILES string of the molecule is CC(CCC(OC1OC(COC(CO)OC(CO)C(O)CO)C(O)C(O)C1OC1OC(CO)C(O)C(O)C1O)C(C)(C)O)C1CCC2(C)C3CC=C4C(CCC(OC5OC(CO)C(OC6OC(CO)C(O)C(O)C6O)C(O)C5O)C4(C)C)C3(C)CCC12C. The second-order valence-corrected chi connectivity index (χ2v) is 28.1. The highest BCUT2D eigenvalue weighted by molar-refractivity contribution is 5.30. The van der Waals surface area contributed by atoms with E-state index in [9.17, 15) is 91.9 Å². The van der Waals surface area contributed by atoms with E-state index >= 15 is 0 Å². The Hall–Kier alpha value is -1.38. The summed E-state index contributed by atoms with van der Waals surface area (Å²) in [6.45, 7) is 11.7. The van der Waals surface area contributed by atoms with Crippen LogP contribution in [0.4, 0.5) is 0 Å². The molecule has 28 nitrogen and oxygen atoms in total. The Balaban J connectivity index is 0.946. The third-order valence-corrected chi connectivity index (χ3v) is 22.3. The minimum atomic E-state index is -1.93. The lowest BCUT2D eigenvalue weighted by atomic mass is 9.39. The summed E-state index contributed by atoms with van der Waals surface area (Å²) >= 11 is 0. The third-order valence-electron chi connectivity index (χ3n) is 22.3. The van der Waals surface area contributed by atoms with E-state index in [0.29, 0.717) is 18.8 Å². The predicted octanol–water partition coefficient (Wildman–Crippen LogP) is -4.13. The van der Waals surface area contributed by atoms with E-state index in [-0.39, 0.29) is 40.4 Å². The van der Waals surface area contributed by atoms with E-state index in [2.05, 4.69) is 47.6 Å². The smallest absolute Gasteiger partial charge is 0.187 e. The van der Waals surface area contributed by atoms with Gasteiger partial charge in [-0.15, -0.1) is 0 Å². The minimum absolute atomic E-state index is 0.0891. The van der Waals surface area contributed by atoms with Crippen molar-refractivity contribution in [2.45, 2.75) is 272 Å². The Morgan fingerprint density at radius 3 is 1.66 bits per heavy atom. The Bertz CT molecular complexity index is 2240. The van der Waals surface area contributed by atoms with Crippen LogP contribution in [0, 0.1) is 45.3 Å². The Kier molecular flexibility index (Phi) is 23.8. The van der Waals surface area contributed by atoms with Crippen molar-refractivity contribution in [3.05, 3.63) is 11.6 Å². The number of allylic oxidation sites excluding steroid dienone is 1. The lowest BCUT2D eigenvalue weighted by Crippen LogP contribution is -2.65. The number of hydrogen-bond donors (Lipinski definition) is 18. The number of aliphatic hydroxyl groups excluding tert-OH is 17. The van der Waals surface area contributed by atoms with E-state index in [1.165, 1.54) is 5.57 Å². The molecule has 0 aromatic carbocycles. The van der Waals surface area contributed by atoms with Crippen molar-refractivity contribution < 1.29 is 139 Å². The number of hydrogen-bond acceptors (Lipinski definition) is 28. The maximum absolute atomic E-state index is 11.8. The van der Waals surface area contributed by atoms with Crippen LogP contribution in [-0.2, 0) is 47.4 Å². The summed E-state index contributed by atoms with van der Waals surface area (Å²) in [5.41, 5.74) is -1.20. The number of ether oxygens (including phenoxy) is 10. The molecule has 32 unspecified atom stereocenters. The van der Waals surface area contributed by atoms with E-state index < -0.39 is 211 Å². The molecule has 0 radical (unpaired) electrons. The molecule has 0 spiro atoms. The predicted molar refractivity (Wildman–Crippen MR) is 301 cm³/mol. The molecule has 8 rings (SSSR count). The molecule has 0 amide bonds. The van der Waals surface area contributed by atoms with Gasteiger partial charge in [0.15, 0.2) is 31.5 Å². The molecule has 0 aromatic rings. The highest BCUT2D eigenvalue weighted by atomic mass is 16.8. The van der Waals surface area contributed by atoms with E-state index in [1.807, 2.05) is 0 Å². The minimum Gasteiger partial charge on any atom is -0.394 e. The van der Waals surface area contributed by atoms with Crippen molar-refractivity contribution in [3.63, 3.8) is 0 Å². The lowest BCUT2D eigenvalue weighted by Gasteiger charge is -2.66. The van der Waals surface area contributed by atoms with Gasteiger partial charge < -0.3 is 139 Å². The normalized spacial score (nSPS) is 47.2. The van der Waals surface area contributed by atoms with Crippen molar-refractivity contribution in [2.24, 2.45) is 45.3 Å². The zero-order valence-electron chi connectivity index (χ0n) is 51.8. The van der Waals surface area contributed by atoms with Crippen LogP contribution in [-0.4, -0.2) is 297 Å². The van der Waals surface area contributed by atoms with Gasteiger partial charge in [-0.05, 0) is 112 Å². The van der Waals surface area contributed by atoms with Crippen LogP contribution < -0.4 is 0 Å². The summed E-state index contributed by atoms with van der Waals surface area (Å²) in [5, 5.41) is 191. The molecule has 4 aliphatic carbocycles. The van der Waals surface area contributed by atoms with Crippen LogP contribution in [0.15, 0.2) is 11.6 Å². The zero-order chi connectivity index (χ0) is 64.9. The van der Waals surface area contributed by atoms with E-state index in [4.69, 9.17) is 47.4 Å². The van der Waals surface area contributed by atoms with E-state index in [0.717, 1.165) is 38.5 Å². The Labute approximate surface area is 513 Å². The third kappa shape index (κ3) is 13.9. The summed E-state index contributed by atoms with van der Waals surface area (Å²) < 4.78 is 59.6. The van der Waals surface area contributed by atoms with Gasteiger partial charge >= 0.3 is 0 Å². The Morgan fingerprint density at radius 2 is 1.10 bits per heavy atom. The first-order chi connectivity index (χ1) is 41.3. The fraction of sp³-hybridized carbons (Fsp3) is 0.967. The lowest BCUT2D eigenvalue weighted by molar-refractivity contribution is -0.378. The van der Waals surface area contributed by atoms with Crippen LogP contribution in [0.1, 0.15) is 113 Å². The average Bonchev–Trinajstić information content (AvgIpc) is 1.35. The number of fused-ring (bicyclic) bond motifs is 5. The van der Waals surface area contributed by atoms with Gasteiger partial charge in [-0.3, -0.25) is 0 Å². The highest BCUT2D eigenvalue weighted by Gasteiger charge is 2.68. The van der Waals surface area contributed by atoms with Crippen LogP contribution in [0.3, 0.4) is 0 Å². The van der Waals surface area contributed by atoms with Crippen LogP contribution in [0.25, 0.3) is 0 Å². The van der Waals surface area contributed by atoms with Gasteiger partial charge in [-0.1, -0.05) is 53.2 Å². The first-order valence-corrected chi connectivity index (χ1v) is 31.4. The number of aliphatic hydroxyl groups is 18. The van der Waals surface area contributed by atoms with E-state index in [1.54, 1.807) is 13.8 Å². The first kappa shape index (κ1) is 72.4. The maximum Gasteiger partial charge on any atom is 0.187 e. The molecule has 512 valence electrons. The van der Waals surface area contributed by atoms with Gasteiger partial charge in [0.25, 0.3) is 0 Å². The van der Waals surface area contributed by atoms with Crippen molar-refractivity contribution >= 4 is 0 Å². The quantitative estimate of drug-likeness (QED) is 0.0305. The molecular formula is C60H104O28. The van der Waals surface area contributed by atoms with Crippen LogP contribution >= 0.6 is 0 Å². The molecule has 28 heteroatoms. The van der Waals surface area contributed by atoms with Crippen molar-refractivity contribution in [2.75, 3.05) is 46.2 Å². The highest BCUT2D eigenvalue weighted by Crippen LogP contribution is 2.75. The average molecular weight is 1270 g/mol. The van der Waals surface area contributed by atoms with Crippen LogP contribution in [0.2, 0.25) is 0 Å². The molecule has 4 heterocycles. The van der Waals surface area contributed by atoms with Crippen LogP contribution in [0.5, 0.6) is 0 Å². The summed E-state index contributed by atoms with van der Waals surface area (Å²) in [4.78, 5) is 0. The molecule has 8 aliphatic rings. The standard InChI is InChI=1S/C60H104O28/c1-26(9-13-38(57(4,5)78)86-55-51(88-54-48(76)44(72)41(69)33(22-64)82-54)45(73)42(70)35(84-55)25-79-39(24-66)80-31(20-62)30(67)19-61)27-15-16-60(8)36-12-10-28-29(58(36,6)17-18-59(27,60)7)11-14-37(56(28,2)3)85-52-49(77)46(74)50(34(23-65)83-52)87-53-47(75)43(71)40(68)32(21-63)81-53/h10,26-27,29-55,61-78H,9,11-25H2,1-8H3. The van der Waals surface area contributed by atoms with Crippen molar-refractivity contribution in [1.82, 2.24) is 0 Å². The molecule has 3 saturated carbocycles. The monoisotopic (exact) mass is 1270 g/mol. The van der Waals surface area contributed by atoms with Crippen molar-refractivity contribution in [3.8, 4) is 0 Å².